The Kier molecular flexibility index (Phi) is 2.54. The van der Waals surface area contributed by atoms with Gasteiger partial charge in [-0.1, -0.05) is 27.6 Å². The van der Waals surface area contributed by atoms with Crippen molar-refractivity contribution in [2.24, 2.45) is 0 Å². The standard InChI is InChI=1S/C11H13BrO2/c1-6-3-4-9-8(5-6)11(13)10(12)7(2)14-9/h3-5,7,10-11,13H,1-2H3/t7?,10-,11-/m1/s1. The van der Waals surface area contributed by atoms with Crippen LogP contribution in [0.1, 0.15) is 24.2 Å². The van der Waals surface area contributed by atoms with Gasteiger partial charge in [0.25, 0.3) is 0 Å². The van der Waals surface area contributed by atoms with E-state index in [2.05, 4.69) is 15.9 Å². The Morgan fingerprint density at radius 1 is 1.43 bits per heavy atom. The van der Waals surface area contributed by atoms with Crippen LogP contribution in [0.5, 0.6) is 5.75 Å². The van der Waals surface area contributed by atoms with Crippen molar-refractivity contribution in [3.63, 3.8) is 0 Å². The third kappa shape index (κ3) is 1.55. The van der Waals surface area contributed by atoms with Crippen molar-refractivity contribution >= 4 is 15.9 Å². The van der Waals surface area contributed by atoms with Crippen LogP contribution in [0.3, 0.4) is 0 Å². The minimum Gasteiger partial charge on any atom is -0.489 e. The third-order valence-corrected chi connectivity index (χ3v) is 3.79. The summed E-state index contributed by atoms with van der Waals surface area (Å²) in [6.07, 6.45) is -0.478. The number of hydrogen-bond acceptors (Lipinski definition) is 2. The molecule has 0 aromatic heterocycles. The van der Waals surface area contributed by atoms with E-state index in [9.17, 15) is 5.11 Å². The first-order chi connectivity index (χ1) is 6.59. The van der Waals surface area contributed by atoms with Crippen molar-refractivity contribution in [3.8, 4) is 5.75 Å². The number of fused-ring (bicyclic) bond motifs is 1. The van der Waals surface area contributed by atoms with Crippen LogP contribution in [0, 0.1) is 6.92 Å². The number of ether oxygens (including phenoxy) is 1. The number of halogens is 1. The van der Waals surface area contributed by atoms with E-state index in [-0.39, 0.29) is 10.9 Å². The van der Waals surface area contributed by atoms with Crippen molar-refractivity contribution < 1.29 is 9.84 Å². The van der Waals surface area contributed by atoms with E-state index in [1.54, 1.807) is 0 Å². The van der Waals surface area contributed by atoms with Gasteiger partial charge in [0.05, 0.1) is 10.9 Å². The molecular formula is C11H13BrO2. The summed E-state index contributed by atoms with van der Waals surface area (Å²) in [7, 11) is 0. The lowest BCUT2D eigenvalue weighted by Gasteiger charge is -2.32. The molecule has 2 rings (SSSR count). The zero-order chi connectivity index (χ0) is 10.3. The number of hydrogen-bond donors (Lipinski definition) is 1. The molecule has 14 heavy (non-hydrogen) atoms. The average Bonchev–Trinajstić information content (AvgIpc) is 2.16. The Morgan fingerprint density at radius 2 is 2.14 bits per heavy atom. The molecule has 1 aliphatic rings. The van der Waals surface area contributed by atoms with Gasteiger partial charge < -0.3 is 9.84 Å². The van der Waals surface area contributed by atoms with Gasteiger partial charge in [-0.05, 0) is 26.0 Å². The highest BCUT2D eigenvalue weighted by Gasteiger charge is 2.32. The Morgan fingerprint density at radius 3 is 2.86 bits per heavy atom. The van der Waals surface area contributed by atoms with Crippen molar-refractivity contribution in [3.05, 3.63) is 29.3 Å². The first-order valence-corrected chi connectivity index (χ1v) is 5.60. The quantitative estimate of drug-likeness (QED) is 0.724. The Bertz CT molecular complexity index is 351. The lowest BCUT2D eigenvalue weighted by atomic mass is 9.98. The van der Waals surface area contributed by atoms with E-state index in [0.717, 1.165) is 16.9 Å². The number of benzene rings is 1. The van der Waals surface area contributed by atoms with Crippen molar-refractivity contribution in [1.82, 2.24) is 0 Å². The number of aryl methyl sites for hydroxylation is 1. The number of aliphatic hydroxyl groups excluding tert-OH is 1. The number of aliphatic hydroxyl groups is 1. The van der Waals surface area contributed by atoms with E-state index in [4.69, 9.17) is 4.74 Å². The zero-order valence-electron chi connectivity index (χ0n) is 8.20. The molecule has 1 N–H and O–H groups in total. The van der Waals surface area contributed by atoms with Crippen molar-refractivity contribution in [2.45, 2.75) is 30.9 Å². The molecule has 0 aliphatic carbocycles. The highest BCUT2D eigenvalue weighted by molar-refractivity contribution is 9.09. The molecule has 1 aliphatic heterocycles. The summed E-state index contributed by atoms with van der Waals surface area (Å²) >= 11 is 3.44. The second kappa shape index (κ2) is 3.55. The molecule has 1 heterocycles. The summed E-state index contributed by atoms with van der Waals surface area (Å²) in [4.78, 5) is -0.0307. The van der Waals surface area contributed by atoms with Crippen LogP contribution in [0.4, 0.5) is 0 Å². The second-order valence-electron chi connectivity index (χ2n) is 3.75. The zero-order valence-corrected chi connectivity index (χ0v) is 9.78. The van der Waals surface area contributed by atoms with Crippen molar-refractivity contribution in [1.29, 1.82) is 0 Å². The highest BCUT2D eigenvalue weighted by atomic mass is 79.9. The smallest absolute Gasteiger partial charge is 0.125 e. The van der Waals surface area contributed by atoms with Crippen LogP contribution in [-0.4, -0.2) is 16.0 Å². The molecule has 1 aromatic carbocycles. The molecule has 2 nitrogen and oxygen atoms in total. The SMILES string of the molecule is Cc1ccc2c(c1)[C@@H](O)[C@H](Br)C(C)O2. The lowest BCUT2D eigenvalue weighted by molar-refractivity contribution is 0.0856. The first kappa shape index (κ1) is 9.99. The molecule has 0 radical (unpaired) electrons. The van der Waals surface area contributed by atoms with Gasteiger partial charge in [0.2, 0.25) is 0 Å². The fourth-order valence-electron chi connectivity index (χ4n) is 1.70. The van der Waals surface area contributed by atoms with Crippen LogP contribution in [-0.2, 0) is 0 Å². The fraction of sp³-hybridized carbons (Fsp3) is 0.455. The fourth-order valence-corrected chi connectivity index (χ4v) is 2.09. The van der Waals surface area contributed by atoms with Gasteiger partial charge in [0, 0.05) is 5.56 Å². The van der Waals surface area contributed by atoms with Gasteiger partial charge in [0.15, 0.2) is 0 Å². The van der Waals surface area contributed by atoms with Gasteiger partial charge in [-0.25, -0.2) is 0 Å². The molecule has 76 valence electrons. The van der Waals surface area contributed by atoms with Gasteiger partial charge in [-0.15, -0.1) is 0 Å². The molecule has 3 heteroatoms. The molecule has 0 saturated carbocycles. The predicted octanol–water partition coefficient (Wildman–Crippen LogP) is 2.57. The molecular weight excluding hydrogens is 244 g/mol. The summed E-state index contributed by atoms with van der Waals surface area (Å²) in [6.45, 7) is 3.96. The monoisotopic (exact) mass is 256 g/mol. The minimum atomic E-state index is -0.478. The maximum absolute atomic E-state index is 10.00. The Hall–Kier alpha value is -0.540. The first-order valence-electron chi connectivity index (χ1n) is 4.69. The van der Waals surface area contributed by atoms with Crippen LogP contribution in [0.2, 0.25) is 0 Å². The van der Waals surface area contributed by atoms with E-state index < -0.39 is 6.10 Å². The van der Waals surface area contributed by atoms with Gasteiger partial charge >= 0.3 is 0 Å². The van der Waals surface area contributed by atoms with Gasteiger partial charge in [0.1, 0.15) is 11.9 Å². The van der Waals surface area contributed by atoms with E-state index in [1.807, 2.05) is 32.0 Å². The lowest BCUT2D eigenvalue weighted by Crippen LogP contribution is -2.34. The molecule has 1 unspecified atom stereocenters. The van der Waals surface area contributed by atoms with Crippen molar-refractivity contribution in [2.75, 3.05) is 0 Å². The largest absolute Gasteiger partial charge is 0.489 e. The Labute approximate surface area is 92.0 Å². The van der Waals surface area contributed by atoms with Crippen LogP contribution >= 0.6 is 15.9 Å². The van der Waals surface area contributed by atoms with Gasteiger partial charge in [-0.3, -0.25) is 0 Å². The molecule has 0 saturated heterocycles. The second-order valence-corrected chi connectivity index (χ2v) is 4.81. The van der Waals surface area contributed by atoms with Crippen LogP contribution in [0.15, 0.2) is 18.2 Å². The van der Waals surface area contributed by atoms with Crippen LogP contribution < -0.4 is 4.74 Å². The summed E-state index contributed by atoms with van der Waals surface area (Å²) in [5, 5.41) is 10.00. The summed E-state index contributed by atoms with van der Waals surface area (Å²) in [5.41, 5.74) is 2.02. The molecule has 0 bridgehead atoms. The number of alkyl halides is 1. The van der Waals surface area contributed by atoms with Gasteiger partial charge in [-0.2, -0.15) is 0 Å². The van der Waals surface area contributed by atoms with Crippen LogP contribution in [0.25, 0.3) is 0 Å². The maximum atomic E-state index is 10.00. The maximum Gasteiger partial charge on any atom is 0.125 e. The van der Waals surface area contributed by atoms with E-state index >= 15 is 0 Å². The normalized spacial score (nSPS) is 30.7. The molecule has 0 amide bonds. The summed E-state index contributed by atoms with van der Waals surface area (Å²) in [6, 6.07) is 5.89. The molecule has 1 aromatic rings. The minimum absolute atomic E-state index is 0.000191. The van der Waals surface area contributed by atoms with E-state index in [0.29, 0.717) is 0 Å². The predicted molar refractivity (Wildman–Crippen MR) is 58.9 cm³/mol. The average molecular weight is 257 g/mol. The van der Waals surface area contributed by atoms with E-state index in [1.165, 1.54) is 0 Å². The topological polar surface area (TPSA) is 29.5 Å². The summed E-state index contributed by atoms with van der Waals surface area (Å²) in [5.74, 6) is 0.798. The Balaban J connectivity index is 2.46. The molecule has 3 atom stereocenters. The number of rotatable bonds is 0. The molecule has 0 spiro atoms. The summed E-state index contributed by atoms with van der Waals surface area (Å²) < 4.78 is 5.66. The highest BCUT2D eigenvalue weighted by Crippen LogP contribution is 2.38. The molecule has 0 fully saturated rings. The third-order valence-electron chi connectivity index (χ3n) is 2.55.